The molecule has 0 aliphatic heterocycles. The van der Waals surface area contributed by atoms with Gasteiger partial charge in [0.05, 0.1) is 13.7 Å². The van der Waals surface area contributed by atoms with Gasteiger partial charge in [0.1, 0.15) is 5.15 Å². The molecule has 106 valence electrons. The molecule has 0 saturated heterocycles. The van der Waals surface area contributed by atoms with E-state index < -0.39 is 16.3 Å². The molecule has 19 heavy (non-hydrogen) atoms. The topological polar surface area (TPSA) is 120 Å². The van der Waals surface area contributed by atoms with Crippen LogP contribution in [0, 0.1) is 0 Å². The Bertz CT molecular complexity index is 564. The van der Waals surface area contributed by atoms with Crippen LogP contribution >= 0.6 is 11.6 Å². The summed E-state index contributed by atoms with van der Waals surface area (Å²) >= 11 is 5.64. The predicted octanol–water partition coefficient (Wildman–Crippen LogP) is 0.541. The number of methoxy groups -OCH3 is 1. The number of carbonyl (C=O) groups is 1. The normalized spacial score (nSPS) is 10.7. The van der Waals surface area contributed by atoms with Crippen molar-refractivity contribution >= 4 is 33.9 Å². The van der Waals surface area contributed by atoms with Gasteiger partial charge in [-0.1, -0.05) is 11.6 Å². The molecule has 1 heterocycles. The molecule has 11 heteroatoms. The van der Waals surface area contributed by atoms with Crippen molar-refractivity contribution in [2.45, 2.75) is 6.92 Å². The van der Waals surface area contributed by atoms with Crippen molar-refractivity contribution < 1.29 is 22.7 Å². The molecule has 0 unspecified atom stereocenters. The summed E-state index contributed by atoms with van der Waals surface area (Å²) < 4.78 is 35.7. The van der Waals surface area contributed by atoms with E-state index in [1.807, 2.05) is 4.72 Å². The van der Waals surface area contributed by atoms with Gasteiger partial charge >= 0.3 is 16.3 Å². The Morgan fingerprint density at radius 1 is 1.47 bits per heavy atom. The van der Waals surface area contributed by atoms with Gasteiger partial charge in [0.25, 0.3) is 0 Å². The Kier molecular flexibility index (Phi) is 5.12. The highest BCUT2D eigenvalue weighted by Gasteiger charge is 2.17. The van der Waals surface area contributed by atoms with E-state index in [1.165, 1.54) is 20.1 Å². The zero-order chi connectivity index (χ0) is 14.5. The Morgan fingerprint density at radius 3 is 2.74 bits per heavy atom. The summed E-state index contributed by atoms with van der Waals surface area (Å²) in [5.41, 5.74) is 0. The second-order valence-corrected chi connectivity index (χ2v) is 4.79. The van der Waals surface area contributed by atoms with Gasteiger partial charge in [0.15, 0.2) is 0 Å². The zero-order valence-electron chi connectivity index (χ0n) is 10.0. The molecule has 1 aromatic heterocycles. The first kappa shape index (κ1) is 15.2. The molecule has 1 rings (SSSR count). The average molecular weight is 311 g/mol. The monoisotopic (exact) mass is 310 g/mol. The van der Waals surface area contributed by atoms with Crippen LogP contribution in [-0.2, 0) is 14.9 Å². The number of hydrogen-bond acceptors (Lipinski definition) is 7. The average Bonchev–Trinajstić information content (AvgIpc) is 2.26. The maximum Gasteiger partial charge on any atom is 0.422 e. The van der Waals surface area contributed by atoms with Crippen LogP contribution in [0.4, 0.5) is 10.7 Å². The van der Waals surface area contributed by atoms with Gasteiger partial charge in [-0.15, -0.1) is 0 Å². The lowest BCUT2D eigenvalue weighted by atomic mass is 10.6. The van der Waals surface area contributed by atoms with Crippen LogP contribution < -0.4 is 14.2 Å². The van der Waals surface area contributed by atoms with E-state index >= 15 is 0 Å². The molecule has 1 amide bonds. The first-order valence-corrected chi connectivity index (χ1v) is 6.78. The van der Waals surface area contributed by atoms with Crippen molar-refractivity contribution in [1.82, 2.24) is 14.7 Å². The number of anilines is 1. The van der Waals surface area contributed by atoms with Crippen molar-refractivity contribution in [2.24, 2.45) is 0 Å². The van der Waals surface area contributed by atoms with Crippen LogP contribution in [-0.4, -0.2) is 38.2 Å². The lowest BCUT2D eigenvalue weighted by Gasteiger charge is -2.08. The minimum Gasteiger partial charge on any atom is -0.481 e. The molecule has 9 nitrogen and oxygen atoms in total. The number of aromatic nitrogens is 2. The Hall–Kier alpha value is -1.81. The van der Waals surface area contributed by atoms with E-state index in [-0.39, 0.29) is 23.6 Å². The van der Waals surface area contributed by atoms with Gasteiger partial charge < -0.3 is 9.47 Å². The molecular formula is C8H11ClN4O5S. The highest BCUT2D eigenvalue weighted by atomic mass is 35.5. The summed E-state index contributed by atoms with van der Waals surface area (Å²) in [5, 5.41) is -0.0271. The number of hydrogen-bond donors (Lipinski definition) is 2. The molecule has 0 bridgehead atoms. The number of halogens is 1. The second kappa shape index (κ2) is 6.38. The smallest absolute Gasteiger partial charge is 0.422 e. The summed E-state index contributed by atoms with van der Waals surface area (Å²) in [7, 11) is -2.88. The summed E-state index contributed by atoms with van der Waals surface area (Å²) in [6.45, 7) is 1.56. The van der Waals surface area contributed by atoms with E-state index in [0.29, 0.717) is 0 Å². The third kappa shape index (κ3) is 5.14. The fraction of sp³-hybridized carbons (Fsp3) is 0.375. The molecule has 0 aromatic carbocycles. The number of nitrogens with one attached hydrogen (secondary N) is 2. The molecule has 1 aromatic rings. The van der Waals surface area contributed by atoms with Crippen LogP contribution in [0.3, 0.4) is 0 Å². The number of rotatable bonds is 5. The van der Waals surface area contributed by atoms with Gasteiger partial charge in [-0.05, 0) is 6.92 Å². The highest BCUT2D eigenvalue weighted by Crippen LogP contribution is 2.16. The third-order valence-corrected chi connectivity index (χ3v) is 2.68. The number of ether oxygens (including phenoxy) is 2. The van der Waals surface area contributed by atoms with Gasteiger partial charge in [-0.3, -0.25) is 0 Å². The van der Waals surface area contributed by atoms with Crippen LogP contribution in [0.2, 0.25) is 5.15 Å². The van der Waals surface area contributed by atoms with Crippen molar-refractivity contribution in [3.05, 3.63) is 11.2 Å². The lowest BCUT2D eigenvalue weighted by Crippen LogP contribution is -2.36. The van der Waals surface area contributed by atoms with Crippen molar-refractivity contribution in [1.29, 1.82) is 0 Å². The van der Waals surface area contributed by atoms with Crippen molar-refractivity contribution in [3.8, 4) is 5.88 Å². The van der Waals surface area contributed by atoms with Crippen LogP contribution in [0.15, 0.2) is 6.07 Å². The fourth-order valence-electron chi connectivity index (χ4n) is 0.963. The number of carbonyl (C=O) groups excluding carboxylic acids is 1. The fourth-order valence-corrected chi connectivity index (χ4v) is 1.80. The summed E-state index contributed by atoms with van der Waals surface area (Å²) in [5.74, 6) is -0.282. The van der Waals surface area contributed by atoms with Gasteiger partial charge in [-0.25, -0.2) is 19.2 Å². The Balaban J connectivity index is 2.83. The van der Waals surface area contributed by atoms with E-state index in [0.717, 1.165) is 0 Å². The quantitative estimate of drug-likeness (QED) is 0.762. The molecule has 0 spiro atoms. The van der Waals surface area contributed by atoms with Crippen LogP contribution in [0.5, 0.6) is 5.88 Å². The minimum atomic E-state index is -4.21. The van der Waals surface area contributed by atoms with Crippen molar-refractivity contribution in [2.75, 3.05) is 18.4 Å². The first-order chi connectivity index (χ1) is 8.86. The Labute approximate surface area is 114 Å². The van der Waals surface area contributed by atoms with Crippen molar-refractivity contribution in [3.63, 3.8) is 0 Å². The largest absolute Gasteiger partial charge is 0.481 e. The molecule has 0 atom stereocenters. The van der Waals surface area contributed by atoms with E-state index in [9.17, 15) is 13.2 Å². The second-order valence-electron chi connectivity index (χ2n) is 2.98. The Morgan fingerprint density at radius 2 is 2.16 bits per heavy atom. The SMILES string of the molecule is CCOC(=O)NS(=O)(=O)Nc1nc(Cl)cc(OC)n1. The summed E-state index contributed by atoms with van der Waals surface area (Å²) in [4.78, 5) is 18.3. The standard InChI is InChI=1S/C8H11ClN4O5S/c1-3-18-8(14)13-19(15,16)12-7-10-5(9)4-6(11-7)17-2/h4H,3H2,1-2H3,(H,13,14)(H,10,11,12). The van der Waals surface area contributed by atoms with E-state index in [4.69, 9.17) is 16.3 Å². The molecular weight excluding hydrogens is 300 g/mol. The van der Waals surface area contributed by atoms with E-state index in [1.54, 1.807) is 4.72 Å². The number of amides is 1. The molecule has 2 N–H and O–H groups in total. The predicted molar refractivity (Wildman–Crippen MR) is 66.3 cm³/mol. The summed E-state index contributed by atoms with van der Waals surface area (Å²) in [6.07, 6.45) is -1.12. The van der Waals surface area contributed by atoms with Gasteiger partial charge in [-0.2, -0.15) is 13.4 Å². The van der Waals surface area contributed by atoms with Gasteiger partial charge in [0.2, 0.25) is 11.8 Å². The van der Waals surface area contributed by atoms with Gasteiger partial charge in [0, 0.05) is 6.07 Å². The lowest BCUT2D eigenvalue weighted by molar-refractivity contribution is 0.159. The van der Waals surface area contributed by atoms with Crippen LogP contribution in [0.25, 0.3) is 0 Å². The maximum absolute atomic E-state index is 11.5. The van der Waals surface area contributed by atoms with Crippen LogP contribution in [0.1, 0.15) is 6.92 Å². The summed E-state index contributed by atoms with van der Waals surface area (Å²) in [6, 6.07) is 1.29. The maximum atomic E-state index is 11.5. The molecule has 0 aliphatic carbocycles. The third-order valence-electron chi connectivity index (χ3n) is 1.60. The van der Waals surface area contributed by atoms with E-state index in [2.05, 4.69) is 14.7 Å². The number of nitrogens with zero attached hydrogens (tertiary/aromatic N) is 2. The first-order valence-electron chi connectivity index (χ1n) is 4.92. The molecule has 0 aliphatic rings. The molecule has 0 fully saturated rings. The zero-order valence-corrected chi connectivity index (χ0v) is 11.6. The highest BCUT2D eigenvalue weighted by molar-refractivity contribution is 7.91. The molecule has 0 saturated carbocycles. The minimum absolute atomic E-state index is 0.0271. The molecule has 0 radical (unpaired) electrons.